The predicted molar refractivity (Wildman–Crippen MR) is 96.6 cm³/mol. The Labute approximate surface area is 151 Å². The fourth-order valence-electron chi connectivity index (χ4n) is 3.26. The van der Waals surface area contributed by atoms with Crippen LogP contribution in [0.3, 0.4) is 0 Å². The van der Waals surface area contributed by atoms with Gasteiger partial charge in [-0.05, 0) is 54.8 Å². The Kier molecular flexibility index (Phi) is 4.17. The van der Waals surface area contributed by atoms with E-state index in [1.807, 2.05) is 6.92 Å². The maximum atomic E-state index is 13.3. The van der Waals surface area contributed by atoms with Crippen molar-refractivity contribution in [2.75, 3.05) is 11.9 Å². The van der Waals surface area contributed by atoms with Crippen LogP contribution in [-0.4, -0.2) is 29.0 Å². The van der Waals surface area contributed by atoms with Gasteiger partial charge in [0.15, 0.2) is 0 Å². The minimum Gasteiger partial charge on any atom is -0.508 e. The molecule has 3 amide bonds. The number of phenols is 1. The van der Waals surface area contributed by atoms with Gasteiger partial charge in [-0.3, -0.25) is 4.79 Å². The zero-order valence-corrected chi connectivity index (χ0v) is 14.9. The average molecular weight is 349 g/mol. The Morgan fingerprint density at radius 2 is 1.81 bits per heavy atom. The Bertz CT molecular complexity index is 930. The molecule has 1 fully saturated rings. The number of nitriles is 1. The van der Waals surface area contributed by atoms with E-state index in [1.165, 1.54) is 21.9 Å². The number of hydrogen-bond donors (Lipinski definition) is 1. The molecule has 1 aliphatic rings. The molecule has 0 bridgehead atoms. The molecule has 0 saturated carbocycles. The van der Waals surface area contributed by atoms with E-state index < -0.39 is 11.6 Å². The number of amides is 3. The van der Waals surface area contributed by atoms with Crippen LogP contribution in [0.2, 0.25) is 0 Å². The van der Waals surface area contributed by atoms with Crippen molar-refractivity contribution in [1.82, 2.24) is 4.90 Å². The van der Waals surface area contributed by atoms with Crippen LogP contribution in [0.15, 0.2) is 42.5 Å². The second kappa shape index (κ2) is 6.19. The van der Waals surface area contributed by atoms with E-state index in [1.54, 1.807) is 44.3 Å². The summed E-state index contributed by atoms with van der Waals surface area (Å²) in [6.07, 6.45) is 0.585. The van der Waals surface area contributed by atoms with Gasteiger partial charge >= 0.3 is 6.03 Å². The van der Waals surface area contributed by atoms with Crippen molar-refractivity contribution in [3.63, 3.8) is 0 Å². The summed E-state index contributed by atoms with van der Waals surface area (Å²) >= 11 is 0. The molecule has 0 aromatic heterocycles. The second-order valence-corrected chi connectivity index (χ2v) is 6.41. The summed E-state index contributed by atoms with van der Waals surface area (Å²) in [7, 11) is 1.59. The number of hydrogen-bond acceptors (Lipinski definition) is 4. The number of carbonyl (C=O) groups excluding carboxylic acids is 2. The molecular weight excluding hydrogens is 330 g/mol. The number of benzene rings is 2. The van der Waals surface area contributed by atoms with Crippen molar-refractivity contribution >= 4 is 17.6 Å². The maximum Gasteiger partial charge on any atom is 0.332 e. The number of anilines is 1. The van der Waals surface area contributed by atoms with Gasteiger partial charge in [-0.15, -0.1) is 0 Å². The first kappa shape index (κ1) is 17.5. The molecule has 1 saturated heterocycles. The number of likely N-dealkylation sites (N-methyl/N-ethyl adjacent to an activating group) is 1. The first-order valence-electron chi connectivity index (χ1n) is 8.29. The van der Waals surface area contributed by atoms with Crippen molar-refractivity contribution in [3.8, 4) is 11.8 Å². The van der Waals surface area contributed by atoms with E-state index in [-0.39, 0.29) is 11.7 Å². The number of rotatable bonds is 3. The minimum atomic E-state index is -1.18. The van der Waals surface area contributed by atoms with Crippen LogP contribution in [0, 0.1) is 11.3 Å². The molecule has 1 heterocycles. The Balaban J connectivity index is 2.12. The van der Waals surface area contributed by atoms with E-state index in [0.29, 0.717) is 23.2 Å². The maximum absolute atomic E-state index is 13.3. The molecule has 0 aliphatic carbocycles. The third-order valence-electron chi connectivity index (χ3n) is 5.03. The van der Waals surface area contributed by atoms with Gasteiger partial charge in [0.05, 0.1) is 17.3 Å². The molecule has 0 radical (unpaired) electrons. The van der Waals surface area contributed by atoms with Crippen LogP contribution in [0.1, 0.15) is 30.5 Å². The number of urea groups is 1. The number of carbonyl (C=O) groups is 2. The molecule has 1 N–H and O–H groups in total. The smallest absolute Gasteiger partial charge is 0.332 e. The molecule has 3 rings (SSSR count). The third kappa shape index (κ3) is 2.40. The molecule has 2 aromatic carbocycles. The fraction of sp³-hybridized carbons (Fsp3) is 0.250. The van der Waals surface area contributed by atoms with Crippen LogP contribution in [0.5, 0.6) is 5.75 Å². The van der Waals surface area contributed by atoms with Gasteiger partial charge in [-0.2, -0.15) is 5.26 Å². The summed E-state index contributed by atoms with van der Waals surface area (Å²) in [5.41, 5.74) is 1.18. The second-order valence-electron chi connectivity index (χ2n) is 6.41. The fourth-order valence-corrected chi connectivity index (χ4v) is 3.26. The lowest BCUT2D eigenvalue weighted by Gasteiger charge is -2.28. The zero-order valence-electron chi connectivity index (χ0n) is 14.9. The normalized spacial score (nSPS) is 19.8. The summed E-state index contributed by atoms with van der Waals surface area (Å²) in [6.45, 7) is 3.60. The highest BCUT2D eigenvalue weighted by atomic mass is 16.3. The number of aromatic hydroxyl groups is 1. The third-order valence-corrected chi connectivity index (χ3v) is 5.03. The van der Waals surface area contributed by atoms with Gasteiger partial charge in [0.1, 0.15) is 11.3 Å². The minimum absolute atomic E-state index is 0.0917. The number of imide groups is 1. The first-order chi connectivity index (χ1) is 12.3. The number of nitrogens with zero attached hydrogens (tertiary/aromatic N) is 3. The molecule has 26 heavy (non-hydrogen) atoms. The summed E-state index contributed by atoms with van der Waals surface area (Å²) in [6, 6.07) is 12.9. The van der Waals surface area contributed by atoms with Crippen molar-refractivity contribution < 1.29 is 14.7 Å². The lowest BCUT2D eigenvalue weighted by Crippen LogP contribution is -2.42. The highest BCUT2D eigenvalue weighted by Crippen LogP contribution is 2.40. The molecule has 1 aliphatic heterocycles. The molecule has 1 unspecified atom stereocenters. The Morgan fingerprint density at radius 3 is 2.38 bits per heavy atom. The SMILES string of the molecule is CCc1cc(C#N)ccc1N1C(=O)N(C)C(C)(c2ccc(O)cc2)C1=O. The monoisotopic (exact) mass is 349 g/mol. The quantitative estimate of drug-likeness (QED) is 0.863. The predicted octanol–water partition coefficient (Wildman–Crippen LogP) is 3.14. The van der Waals surface area contributed by atoms with E-state index in [9.17, 15) is 14.7 Å². The standard InChI is InChI=1S/C20H19N3O3/c1-4-14-11-13(12-21)5-10-17(14)23-18(25)20(2,22(3)19(23)26)15-6-8-16(24)9-7-15/h5-11,24H,4H2,1-3H3. The molecule has 2 aromatic rings. The van der Waals surface area contributed by atoms with Crippen LogP contribution >= 0.6 is 0 Å². The zero-order chi connectivity index (χ0) is 19.1. The van der Waals surface area contributed by atoms with Gasteiger partial charge in [0.2, 0.25) is 0 Å². The first-order valence-corrected chi connectivity index (χ1v) is 8.29. The summed E-state index contributed by atoms with van der Waals surface area (Å²) in [4.78, 5) is 28.8. The highest BCUT2D eigenvalue weighted by molar-refractivity contribution is 6.23. The van der Waals surface area contributed by atoms with Crippen LogP contribution in [0.25, 0.3) is 0 Å². The summed E-state index contributed by atoms with van der Waals surface area (Å²) < 4.78 is 0. The molecule has 132 valence electrons. The van der Waals surface area contributed by atoms with E-state index in [0.717, 1.165) is 5.56 Å². The average Bonchev–Trinajstić information content (AvgIpc) is 2.83. The molecular formula is C20H19N3O3. The number of aryl methyl sites for hydroxylation is 1. The van der Waals surface area contributed by atoms with Crippen molar-refractivity contribution in [2.45, 2.75) is 25.8 Å². The van der Waals surface area contributed by atoms with Gasteiger partial charge in [-0.1, -0.05) is 19.1 Å². The van der Waals surface area contributed by atoms with Crippen molar-refractivity contribution in [2.24, 2.45) is 0 Å². The highest BCUT2D eigenvalue weighted by Gasteiger charge is 2.54. The summed E-state index contributed by atoms with van der Waals surface area (Å²) in [5.74, 6) is -0.274. The molecule has 6 heteroatoms. The van der Waals surface area contributed by atoms with E-state index in [2.05, 4.69) is 6.07 Å². The number of phenolic OH excluding ortho intramolecular Hbond substituents is 1. The van der Waals surface area contributed by atoms with Crippen molar-refractivity contribution in [3.05, 3.63) is 59.2 Å². The molecule has 1 atom stereocenters. The van der Waals surface area contributed by atoms with Crippen molar-refractivity contribution in [1.29, 1.82) is 5.26 Å². The van der Waals surface area contributed by atoms with E-state index in [4.69, 9.17) is 5.26 Å². The molecule has 0 spiro atoms. The van der Waals surface area contributed by atoms with Gasteiger partial charge in [0, 0.05) is 7.05 Å². The van der Waals surface area contributed by atoms with Gasteiger partial charge in [-0.25, -0.2) is 9.69 Å². The topological polar surface area (TPSA) is 84.6 Å². The van der Waals surface area contributed by atoms with Gasteiger partial charge in [0.25, 0.3) is 5.91 Å². The lowest BCUT2D eigenvalue weighted by molar-refractivity contribution is -0.124. The van der Waals surface area contributed by atoms with E-state index >= 15 is 0 Å². The van der Waals surface area contributed by atoms with Crippen LogP contribution < -0.4 is 4.90 Å². The lowest BCUT2D eigenvalue weighted by atomic mass is 9.90. The molecule has 6 nitrogen and oxygen atoms in total. The Morgan fingerprint density at radius 1 is 1.15 bits per heavy atom. The van der Waals surface area contributed by atoms with Crippen LogP contribution in [-0.2, 0) is 16.8 Å². The van der Waals surface area contributed by atoms with Gasteiger partial charge < -0.3 is 10.0 Å². The van der Waals surface area contributed by atoms with Crippen LogP contribution in [0.4, 0.5) is 10.5 Å². The largest absolute Gasteiger partial charge is 0.508 e. The Hall–Kier alpha value is -3.33. The summed E-state index contributed by atoms with van der Waals surface area (Å²) in [5, 5.41) is 18.6.